The summed E-state index contributed by atoms with van der Waals surface area (Å²) in [5.41, 5.74) is 3.44. The predicted octanol–water partition coefficient (Wildman–Crippen LogP) is 1.70. The molecule has 1 aliphatic carbocycles. The number of hydrogen-bond acceptors (Lipinski definition) is 2. The molecule has 1 N–H and O–H groups in total. The van der Waals surface area contributed by atoms with E-state index in [1.54, 1.807) is 0 Å². The van der Waals surface area contributed by atoms with Crippen LogP contribution >= 0.6 is 0 Å². The zero-order valence-corrected chi connectivity index (χ0v) is 7.85. The molecule has 0 saturated heterocycles. The molecule has 2 aromatic rings. The summed E-state index contributed by atoms with van der Waals surface area (Å²) in [6.45, 7) is 0.103. The van der Waals surface area contributed by atoms with Crippen molar-refractivity contribution in [2.45, 2.75) is 25.4 Å². The number of hydrogen-bond donors (Lipinski definition) is 1. The third-order valence-corrected chi connectivity index (χ3v) is 2.82. The first-order valence-electron chi connectivity index (χ1n) is 4.95. The van der Waals surface area contributed by atoms with Gasteiger partial charge in [0.05, 0.1) is 18.3 Å². The van der Waals surface area contributed by atoms with E-state index in [0.29, 0.717) is 5.92 Å². The molecule has 3 rings (SSSR count). The molecule has 14 heavy (non-hydrogen) atoms. The molecular formula is C11H12N2O. The molecule has 2 aromatic heterocycles. The van der Waals surface area contributed by atoms with E-state index in [4.69, 9.17) is 5.11 Å². The molecule has 1 saturated carbocycles. The van der Waals surface area contributed by atoms with Crippen LogP contribution in [0.2, 0.25) is 0 Å². The Morgan fingerprint density at radius 3 is 3.07 bits per heavy atom. The molecule has 3 heteroatoms. The van der Waals surface area contributed by atoms with Crippen molar-refractivity contribution >= 4 is 5.52 Å². The van der Waals surface area contributed by atoms with Gasteiger partial charge in [0.15, 0.2) is 0 Å². The normalized spacial score (nSPS) is 16.4. The Kier molecular flexibility index (Phi) is 1.61. The van der Waals surface area contributed by atoms with E-state index >= 15 is 0 Å². The summed E-state index contributed by atoms with van der Waals surface area (Å²) in [5.74, 6) is 0.710. The Balaban J connectivity index is 2.20. The van der Waals surface area contributed by atoms with Crippen LogP contribution in [0.3, 0.4) is 0 Å². The first kappa shape index (κ1) is 8.00. The van der Waals surface area contributed by atoms with Crippen LogP contribution in [0.4, 0.5) is 0 Å². The van der Waals surface area contributed by atoms with Crippen LogP contribution in [0, 0.1) is 0 Å². The average Bonchev–Trinajstić information content (AvgIpc) is 2.98. The fourth-order valence-corrected chi connectivity index (χ4v) is 1.85. The Bertz CT molecular complexity index is 471. The number of fused-ring (bicyclic) bond motifs is 1. The number of pyridine rings is 1. The quantitative estimate of drug-likeness (QED) is 0.779. The van der Waals surface area contributed by atoms with Crippen LogP contribution in [-0.4, -0.2) is 14.7 Å². The lowest BCUT2D eigenvalue weighted by Gasteiger charge is -1.99. The smallest absolute Gasteiger partial charge is 0.0699 e. The molecule has 3 nitrogen and oxygen atoms in total. The second kappa shape index (κ2) is 2.82. The van der Waals surface area contributed by atoms with Crippen molar-refractivity contribution in [1.29, 1.82) is 0 Å². The van der Waals surface area contributed by atoms with E-state index in [0.717, 1.165) is 11.1 Å². The molecule has 2 heterocycles. The molecule has 0 bridgehead atoms. The summed E-state index contributed by atoms with van der Waals surface area (Å²) < 4.78 is 1.88. The minimum absolute atomic E-state index is 0.103. The van der Waals surface area contributed by atoms with Crippen molar-refractivity contribution in [2.75, 3.05) is 0 Å². The maximum Gasteiger partial charge on any atom is 0.0699 e. The first-order chi connectivity index (χ1) is 6.88. The van der Waals surface area contributed by atoms with E-state index in [9.17, 15) is 0 Å². The van der Waals surface area contributed by atoms with E-state index in [2.05, 4.69) is 5.10 Å². The molecule has 72 valence electrons. The van der Waals surface area contributed by atoms with E-state index in [-0.39, 0.29) is 6.61 Å². The van der Waals surface area contributed by atoms with Crippen molar-refractivity contribution in [3.05, 3.63) is 35.7 Å². The van der Waals surface area contributed by atoms with Crippen LogP contribution in [-0.2, 0) is 6.61 Å². The highest BCUT2D eigenvalue weighted by Gasteiger charge is 2.26. The van der Waals surface area contributed by atoms with Crippen LogP contribution in [0.25, 0.3) is 5.52 Å². The highest BCUT2D eigenvalue weighted by atomic mass is 16.3. The van der Waals surface area contributed by atoms with Gasteiger partial charge in [-0.2, -0.15) is 5.10 Å². The van der Waals surface area contributed by atoms with E-state index < -0.39 is 0 Å². The maximum absolute atomic E-state index is 9.05. The topological polar surface area (TPSA) is 37.5 Å². The van der Waals surface area contributed by atoms with Gasteiger partial charge in [-0.25, -0.2) is 4.52 Å². The van der Waals surface area contributed by atoms with Crippen LogP contribution in [0.15, 0.2) is 24.5 Å². The van der Waals surface area contributed by atoms with Crippen LogP contribution < -0.4 is 0 Å². The summed E-state index contributed by atoms with van der Waals surface area (Å²) in [6, 6.07) is 3.93. The van der Waals surface area contributed by atoms with Crippen molar-refractivity contribution in [3.8, 4) is 0 Å². The summed E-state index contributed by atoms with van der Waals surface area (Å²) in [5, 5.41) is 13.3. The van der Waals surface area contributed by atoms with Crippen molar-refractivity contribution in [2.24, 2.45) is 0 Å². The Hall–Kier alpha value is -1.35. The zero-order valence-electron chi connectivity index (χ0n) is 7.85. The van der Waals surface area contributed by atoms with Gasteiger partial charge in [0.2, 0.25) is 0 Å². The standard InChI is InChI=1S/C11H12N2O/c14-7-8-3-4-13-11(5-8)10(6-12-13)9-1-2-9/h3-6,9,14H,1-2,7H2. The second-order valence-corrected chi connectivity index (χ2v) is 3.90. The molecule has 0 unspecified atom stereocenters. The molecule has 0 amide bonds. The average molecular weight is 188 g/mol. The SMILES string of the molecule is OCc1ccn2ncc(C3CC3)c2c1. The van der Waals surface area contributed by atoms with Crippen LogP contribution in [0.1, 0.15) is 29.9 Å². The monoisotopic (exact) mass is 188 g/mol. The number of aliphatic hydroxyl groups is 1. The highest BCUT2D eigenvalue weighted by molar-refractivity contribution is 5.57. The van der Waals surface area contributed by atoms with Gasteiger partial charge in [-0.05, 0) is 36.5 Å². The predicted molar refractivity (Wildman–Crippen MR) is 53.1 cm³/mol. The second-order valence-electron chi connectivity index (χ2n) is 3.90. The van der Waals surface area contributed by atoms with Gasteiger partial charge in [0, 0.05) is 11.8 Å². The summed E-state index contributed by atoms with van der Waals surface area (Å²) >= 11 is 0. The van der Waals surface area contributed by atoms with Gasteiger partial charge in [0.25, 0.3) is 0 Å². The lowest BCUT2D eigenvalue weighted by atomic mass is 10.1. The summed E-state index contributed by atoms with van der Waals surface area (Å²) in [6.07, 6.45) is 6.43. The number of nitrogens with zero attached hydrogens (tertiary/aromatic N) is 2. The highest BCUT2D eigenvalue weighted by Crippen LogP contribution is 2.41. The number of aromatic nitrogens is 2. The fourth-order valence-electron chi connectivity index (χ4n) is 1.85. The van der Waals surface area contributed by atoms with Crippen LogP contribution in [0.5, 0.6) is 0 Å². The molecule has 0 aliphatic heterocycles. The molecule has 0 radical (unpaired) electrons. The van der Waals surface area contributed by atoms with E-state index in [1.165, 1.54) is 18.4 Å². The lowest BCUT2D eigenvalue weighted by molar-refractivity contribution is 0.282. The molecular weight excluding hydrogens is 176 g/mol. The molecule has 0 spiro atoms. The molecule has 0 aromatic carbocycles. The third-order valence-electron chi connectivity index (χ3n) is 2.82. The van der Waals surface area contributed by atoms with Gasteiger partial charge in [-0.15, -0.1) is 0 Å². The summed E-state index contributed by atoms with van der Waals surface area (Å²) in [7, 11) is 0. The largest absolute Gasteiger partial charge is 0.392 e. The Morgan fingerprint density at radius 2 is 2.36 bits per heavy atom. The molecule has 1 fully saturated rings. The molecule has 1 aliphatic rings. The fraction of sp³-hybridized carbons (Fsp3) is 0.364. The van der Waals surface area contributed by atoms with Gasteiger partial charge in [-0.1, -0.05) is 0 Å². The number of aliphatic hydroxyl groups excluding tert-OH is 1. The van der Waals surface area contributed by atoms with Gasteiger partial charge in [0.1, 0.15) is 0 Å². The van der Waals surface area contributed by atoms with Gasteiger partial charge < -0.3 is 5.11 Å². The zero-order chi connectivity index (χ0) is 9.54. The summed E-state index contributed by atoms with van der Waals surface area (Å²) in [4.78, 5) is 0. The van der Waals surface area contributed by atoms with Crippen molar-refractivity contribution in [1.82, 2.24) is 9.61 Å². The minimum Gasteiger partial charge on any atom is -0.392 e. The minimum atomic E-state index is 0.103. The third kappa shape index (κ3) is 1.13. The van der Waals surface area contributed by atoms with E-state index in [1.807, 2.05) is 29.0 Å². The van der Waals surface area contributed by atoms with Crippen molar-refractivity contribution in [3.63, 3.8) is 0 Å². The van der Waals surface area contributed by atoms with Crippen molar-refractivity contribution < 1.29 is 5.11 Å². The number of rotatable bonds is 2. The van der Waals surface area contributed by atoms with Gasteiger partial charge in [-0.3, -0.25) is 0 Å². The maximum atomic E-state index is 9.05. The molecule has 0 atom stereocenters. The Morgan fingerprint density at radius 1 is 1.50 bits per heavy atom. The Labute approximate surface area is 82.0 Å². The first-order valence-corrected chi connectivity index (χ1v) is 4.95. The van der Waals surface area contributed by atoms with Gasteiger partial charge >= 0.3 is 0 Å². The lowest BCUT2D eigenvalue weighted by Crippen LogP contribution is -1.90.